The largest absolute Gasteiger partial charge is 0.494 e. The number of nitrogens with two attached hydrogens (primary N) is 1. The lowest BCUT2D eigenvalue weighted by atomic mass is 10.1. The highest BCUT2D eigenvalue weighted by atomic mass is 32.2. The van der Waals surface area contributed by atoms with E-state index in [0.717, 1.165) is 18.2 Å². The average molecular weight is 729 g/mol. The van der Waals surface area contributed by atoms with E-state index >= 15 is 0 Å². The third-order valence-corrected chi connectivity index (χ3v) is 9.59. The van der Waals surface area contributed by atoms with Gasteiger partial charge in [-0.15, -0.1) is 20.5 Å². The van der Waals surface area contributed by atoms with Gasteiger partial charge in [0, 0.05) is 34.8 Å². The molecule has 0 bridgehead atoms. The molecule has 5 rings (SSSR count). The molecule has 0 aliphatic rings. The summed E-state index contributed by atoms with van der Waals surface area (Å²) in [6.07, 6.45) is 0. The number of nitrogen functional groups attached to an aromatic ring is 1. The Hall–Kier alpha value is -5.38. The fraction of sp³-hybridized carbons (Fsp3) is 0.0690. The predicted molar refractivity (Wildman–Crippen MR) is 177 cm³/mol. The van der Waals surface area contributed by atoms with Crippen molar-refractivity contribution in [2.75, 3.05) is 18.2 Å². The third-order valence-electron chi connectivity index (χ3n) is 6.90. The Morgan fingerprint density at radius 1 is 0.673 bits per heavy atom. The highest BCUT2D eigenvalue weighted by Crippen LogP contribution is 2.42. The van der Waals surface area contributed by atoms with E-state index in [1.807, 2.05) is 0 Å². The number of nitrogens with zero attached hydrogens (tertiary/aromatic N) is 4. The molecule has 49 heavy (non-hydrogen) atoms. The molecule has 1 amide bonds. The number of hydrogen-bond donors (Lipinski definition) is 5. The molecule has 0 spiro atoms. The van der Waals surface area contributed by atoms with Gasteiger partial charge in [0.25, 0.3) is 30.4 Å². The highest BCUT2D eigenvalue weighted by molar-refractivity contribution is 7.86. The molecule has 0 atom stereocenters. The van der Waals surface area contributed by atoms with E-state index in [-0.39, 0.29) is 55.7 Å². The number of methoxy groups -OCH3 is 1. The lowest BCUT2D eigenvalue weighted by molar-refractivity contribution is -0.114. The van der Waals surface area contributed by atoms with Crippen LogP contribution in [0.2, 0.25) is 0 Å². The Bertz CT molecular complexity index is 2590. The molecule has 0 aliphatic carbocycles. The number of amides is 1. The minimum absolute atomic E-state index is 0.0183. The highest BCUT2D eigenvalue weighted by Gasteiger charge is 2.22. The summed E-state index contributed by atoms with van der Waals surface area (Å²) in [6.45, 7) is 1.19. The number of hydrogen-bond acceptors (Lipinski definition) is 13. The molecule has 17 nitrogen and oxygen atoms in total. The maximum absolute atomic E-state index is 12.2. The van der Waals surface area contributed by atoms with Crippen LogP contribution in [0.3, 0.4) is 0 Å². The first-order chi connectivity index (χ1) is 22.9. The molecule has 0 saturated carbocycles. The quantitative estimate of drug-likeness (QED) is 0.0653. The zero-order valence-corrected chi connectivity index (χ0v) is 27.6. The summed E-state index contributed by atoms with van der Waals surface area (Å²) in [5, 5.41) is 19.0. The monoisotopic (exact) mass is 728 g/mol. The molecule has 0 radical (unpaired) electrons. The van der Waals surface area contributed by atoms with Crippen LogP contribution in [0.1, 0.15) is 6.92 Å². The van der Waals surface area contributed by atoms with Crippen LogP contribution in [-0.2, 0) is 35.1 Å². The normalized spacial score (nSPS) is 12.7. The van der Waals surface area contributed by atoms with E-state index in [4.69, 9.17) is 10.5 Å². The van der Waals surface area contributed by atoms with Gasteiger partial charge in [0.15, 0.2) is 0 Å². The Kier molecular flexibility index (Phi) is 9.21. The third kappa shape index (κ3) is 7.38. The van der Waals surface area contributed by atoms with Gasteiger partial charge in [0.05, 0.1) is 18.5 Å². The lowest BCUT2D eigenvalue weighted by Crippen LogP contribution is -2.06. The smallest absolute Gasteiger partial charge is 0.296 e. The Morgan fingerprint density at radius 2 is 1.27 bits per heavy atom. The second-order valence-corrected chi connectivity index (χ2v) is 14.4. The van der Waals surface area contributed by atoms with Crippen molar-refractivity contribution in [1.29, 1.82) is 0 Å². The number of benzene rings is 5. The number of fused-ring (bicyclic) bond motifs is 2. The van der Waals surface area contributed by atoms with E-state index < -0.39 is 56.6 Å². The summed E-state index contributed by atoms with van der Waals surface area (Å²) in [4.78, 5) is 10.4. The first-order valence-corrected chi connectivity index (χ1v) is 17.8. The van der Waals surface area contributed by atoms with E-state index in [9.17, 15) is 43.7 Å². The van der Waals surface area contributed by atoms with Crippen LogP contribution in [0, 0.1) is 0 Å². The second-order valence-electron chi connectivity index (χ2n) is 10.2. The van der Waals surface area contributed by atoms with Crippen molar-refractivity contribution in [2.45, 2.75) is 21.6 Å². The van der Waals surface area contributed by atoms with Gasteiger partial charge < -0.3 is 15.8 Å². The van der Waals surface area contributed by atoms with E-state index in [2.05, 4.69) is 25.8 Å². The minimum atomic E-state index is -4.93. The number of azo groups is 2. The number of nitrogens with one attached hydrogen (secondary N) is 1. The van der Waals surface area contributed by atoms with Gasteiger partial charge in [0.1, 0.15) is 37.5 Å². The van der Waals surface area contributed by atoms with Crippen molar-refractivity contribution < 1.29 is 48.4 Å². The summed E-state index contributed by atoms with van der Waals surface area (Å²) in [5.41, 5.74) is 5.61. The van der Waals surface area contributed by atoms with Crippen LogP contribution >= 0.6 is 0 Å². The molecular weight excluding hydrogens is 705 g/mol. The molecule has 0 heterocycles. The zero-order chi connectivity index (χ0) is 35.9. The number of carbonyl (C=O) groups is 1. The van der Waals surface area contributed by atoms with Gasteiger partial charge in [-0.05, 0) is 47.9 Å². The summed E-state index contributed by atoms with van der Waals surface area (Å²) in [5.74, 6) is -0.541. The van der Waals surface area contributed by atoms with Crippen LogP contribution in [0.4, 0.5) is 34.1 Å². The van der Waals surface area contributed by atoms with Crippen LogP contribution in [0.5, 0.6) is 5.75 Å². The lowest BCUT2D eigenvalue weighted by Gasteiger charge is -2.12. The first-order valence-electron chi connectivity index (χ1n) is 13.5. The fourth-order valence-electron chi connectivity index (χ4n) is 4.85. The van der Waals surface area contributed by atoms with Crippen LogP contribution in [-0.4, -0.2) is 51.9 Å². The van der Waals surface area contributed by atoms with Crippen LogP contribution in [0.15, 0.2) is 108 Å². The Morgan fingerprint density at radius 3 is 1.90 bits per heavy atom. The SMILES string of the molecule is COc1cc(N=Nc2cc3c(S(=O)(=O)O)cccc3cc2S(=O)(=O)O)c(NC(C)=O)cc1N=Nc1ccc(N)c2c(S(=O)(=O)O)cccc12. The summed E-state index contributed by atoms with van der Waals surface area (Å²) in [6, 6.07) is 15.1. The molecule has 0 unspecified atom stereocenters. The Balaban J connectivity index is 1.65. The van der Waals surface area contributed by atoms with Gasteiger partial charge in [-0.25, -0.2) is 0 Å². The van der Waals surface area contributed by atoms with Gasteiger partial charge in [-0.2, -0.15) is 25.3 Å². The topological polar surface area (TPSA) is 277 Å². The van der Waals surface area contributed by atoms with Crippen molar-refractivity contribution in [1.82, 2.24) is 0 Å². The molecular formula is C29H24N6O11S3. The van der Waals surface area contributed by atoms with Crippen molar-refractivity contribution in [3.8, 4) is 5.75 Å². The minimum Gasteiger partial charge on any atom is -0.494 e. The number of carbonyl (C=O) groups excluding carboxylic acids is 1. The second kappa shape index (κ2) is 12.9. The number of rotatable bonds is 9. The average Bonchev–Trinajstić information content (AvgIpc) is 3.01. The summed E-state index contributed by atoms with van der Waals surface area (Å²) >= 11 is 0. The Labute approximate surface area is 278 Å². The maximum Gasteiger partial charge on any atom is 0.296 e. The maximum atomic E-state index is 12.2. The molecule has 254 valence electrons. The van der Waals surface area contributed by atoms with Crippen molar-refractivity contribution in [3.63, 3.8) is 0 Å². The van der Waals surface area contributed by atoms with Gasteiger partial charge in [-0.1, -0.05) is 24.3 Å². The molecule has 5 aromatic carbocycles. The zero-order valence-electron chi connectivity index (χ0n) is 25.1. The van der Waals surface area contributed by atoms with Crippen molar-refractivity contribution in [3.05, 3.63) is 72.8 Å². The predicted octanol–water partition coefficient (Wildman–Crippen LogP) is 6.11. The summed E-state index contributed by atoms with van der Waals surface area (Å²) in [7, 11) is -13.1. The van der Waals surface area contributed by atoms with Gasteiger partial charge in [-0.3, -0.25) is 18.5 Å². The van der Waals surface area contributed by atoms with Crippen LogP contribution in [0.25, 0.3) is 21.5 Å². The van der Waals surface area contributed by atoms with Crippen LogP contribution < -0.4 is 15.8 Å². The van der Waals surface area contributed by atoms with E-state index in [0.29, 0.717) is 0 Å². The molecule has 20 heteroatoms. The van der Waals surface area contributed by atoms with Gasteiger partial charge in [0.2, 0.25) is 5.91 Å². The molecule has 0 saturated heterocycles. The first kappa shape index (κ1) is 34.9. The molecule has 5 aromatic rings. The van der Waals surface area contributed by atoms with Gasteiger partial charge >= 0.3 is 0 Å². The molecule has 6 N–H and O–H groups in total. The number of ether oxygens (including phenoxy) is 1. The van der Waals surface area contributed by atoms with Crippen molar-refractivity contribution >= 4 is 91.9 Å². The molecule has 0 fully saturated rings. The number of anilines is 2. The standard InChI is InChI=1S/C29H24N6O11S3/c1-15(36)31-21-13-23(34-32-20-10-9-19(30)29-17(20)6-4-8-27(29)48(40,41)42)25(46-2)14-22(21)33-35-24-12-18-16(11-28(24)49(43,44)45)5-3-7-26(18)47(37,38)39/h3-14H,30H2,1-2H3,(H,31,36)(H,37,38,39)(H,40,41,42)(H,43,44,45). The summed E-state index contributed by atoms with van der Waals surface area (Å²) < 4.78 is 107. The molecule has 0 aromatic heterocycles. The van der Waals surface area contributed by atoms with E-state index in [1.165, 1.54) is 68.6 Å². The van der Waals surface area contributed by atoms with Crippen molar-refractivity contribution in [2.24, 2.45) is 20.5 Å². The molecule has 0 aliphatic heterocycles. The fourth-order valence-corrected chi connectivity index (χ4v) is 6.93. The van der Waals surface area contributed by atoms with E-state index in [1.54, 1.807) is 0 Å².